The lowest BCUT2D eigenvalue weighted by Gasteiger charge is -2.09. The van der Waals surface area contributed by atoms with Crippen LogP contribution in [0.15, 0.2) is 35.1 Å². The average Bonchev–Trinajstić information content (AvgIpc) is 2.32. The minimum absolute atomic E-state index is 0.213. The third kappa shape index (κ3) is 2.72. The number of nitrogens with zero attached hydrogens (tertiary/aromatic N) is 1. The molecule has 2 aromatic rings. The first kappa shape index (κ1) is 12.3. The molecule has 5 nitrogen and oxygen atoms in total. The summed E-state index contributed by atoms with van der Waals surface area (Å²) in [7, 11) is 0. The van der Waals surface area contributed by atoms with Gasteiger partial charge in [0.1, 0.15) is 0 Å². The highest BCUT2D eigenvalue weighted by Gasteiger charge is 2.04. The fraction of sp³-hybridized carbons (Fsp3) is 0.0833. The van der Waals surface area contributed by atoms with E-state index in [-0.39, 0.29) is 10.7 Å². The number of hydrogen-bond donors (Lipinski definition) is 3. The Morgan fingerprint density at radius 3 is 2.78 bits per heavy atom. The van der Waals surface area contributed by atoms with Gasteiger partial charge in [0.05, 0.1) is 5.69 Å². The average molecular weight is 260 g/mol. The van der Waals surface area contributed by atoms with Crippen LogP contribution >= 0.6 is 12.2 Å². The van der Waals surface area contributed by atoms with Crippen molar-refractivity contribution < 1.29 is 0 Å². The normalized spacial score (nSPS) is 10.1. The van der Waals surface area contributed by atoms with E-state index in [0.717, 1.165) is 16.8 Å². The van der Waals surface area contributed by atoms with Crippen molar-refractivity contribution in [2.75, 3.05) is 5.32 Å². The molecule has 6 heteroatoms. The van der Waals surface area contributed by atoms with Crippen LogP contribution < -0.4 is 16.6 Å². The zero-order chi connectivity index (χ0) is 13.1. The third-order valence-corrected chi connectivity index (χ3v) is 2.57. The Kier molecular flexibility index (Phi) is 3.38. The maximum Gasteiger partial charge on any atom is 0.264 e. The molecular weight excluding hydrogens is 248 g/mol. The van der Waals surface area contributed by atoms with E-state index in [9.17, 15) is 4.79 Å². The summed E-state index contributed by atoms with van der Waals surface area (Å²) >= 11 is 4.82. The molecule has 0 amide bonds. The van der Waals surface area contributed by atoms with Crippen LogP contribution in [-0.2, 0) is 0 Å². The van der Waals surface area contributed by atoms with Crippen molar-refractivity contribution in [2.24, 2.45) is 5.73 Å². The number of nitrogens with one attached hydrogen (secondary N) is 2. The van der Waals surface area contributed by atoms with Crippen LogP contribution in [0.25, 0.3) is 11.3 Å². The number of rotatable bonds is 2. The Morgan fingerprint density at radius 2 is 2.17 bits per heavy atom. The second kappa shape index (κ2) is 4.97. The molecule has 0 radical (unpaired) electrons. The summed E-state index contributed by atoms with van der Waals surface area (Å²) in [5.74, 6) is 0. The number of hydrogen-bond acceptors (Lipinski definition) is 3. The van der Waals surface area contributed by atoms with E-state index >= 15 is 0 Å². The molecule has 0 spiro atoms. The molecule has 0 saturated heterocycles. The smallest absolute Gasteiger partial charge is 0.264 e. The van der Waals surface area contributed by atoms with E-state index < -0.39 is 0 Å². The molecule has 0 atom stereocenters. The zero-order valence-corrected chi connectivity index (χ0v) is 10.5. The minimum atomic E-state index is -0.229. The van der Waals surface area contributed by atoms with E-state index in [1.54, 1.807) is 6.07 Å². The fourth-order valence-electron chi connectivity index (χ4n) is 1.55. The molecule has 0 fully saturated rings. The Labute approximate surface area is 109 Å². The molecule has 0 saturated carbocycles. The summed E-state index contributed by atoms with van der Waals surface area (Å²) in [5.41, 5.74) is 8.63. The van der Waals surface area contributed by atoms with Crippen molar-refractivity contribution in [1.29, 1.82) is 0 Å². The molecule has 0 bridgehead atoms. The van der Waals surface area contributed by atoms with Gasteiger partial charge in [0.15, 0.2) is 5.11 Å². The number of benzene rings is 1. The molecule has 2 rings (SSSR count). The summed E-state index contributed by atoms with van der Waals surface area (Å²) in [4.78, 5) is 11.0. The van der Waals surface area contributed by atoms with Gasteiger partial charge in [-0.3, -0.25) is 4.79 Å². The number of nitrogens with two attached hydrogens (primary N) is 1. The van der Waals surface area contributed by atoms with Crippen molar-refractivity contribution in [1.82, 2.24) is 10.2 Å². The second-order valence-electron chi connectivity index (χ2n) is 3.83. The predicted molar refractivity (Wildman–Crippen MR) is 75.4 cm³/mol. The number of thiocarbonyl (C=S) groups is 1. The molecule has 92 valence electrons. The van der Waals surface area contributed by atoms with Gasteiger partial charge in [-0.05, 0) is 36.8 Å². The SMILES string of the molecule is Cc1ccc(-c2ccc(=O)[nH]n2)cc1NC(N)=S. The van der Waals surface area contributed by atoms with Gasteiger partial charge in [0, 0.05) is 17.3 Å². The van der Waals surface area contributed by atoms with Crippen molar-refractivity contribution in [3.05, 3.63) is 46.2 Å². The van der Waals surface area contributed by atoms with Crippen LogP contribution in [0, 0.1) is 6.92 Å². The lowest BCUT2D eigenvalue weighted by Crippen LogP contribution is -2.19. The Morgan fingerprint density at radius 1 is 1.39 bits per heavy atom. The molecule has 0 unspecified atom stereocenters. The third-order valence-electron chi connectivity index (χ3n) is 2.47. The minimum Gasteiger partial charge on any atom is -0.376 e. The highest BCUT2D eigenvalue weighted by Crippen LogP contribution is 2.23. The van der Waals surface area contributed by atoms with Gasteiger partial charge in [0.25, 0.3) is 5.56 Å². The van der Waals surface area contributed by atoms with E-state index in [0.29, 0.717) is 5.69 Å². The van der Waals surface area contributed by atoms with E-state index in [1.807, 2.05) is 25.1 Å². The lowest BCUT2D eigenvalue weighted by molar-refractivity contribution is 0.995. The molecule has 0 aliphatic rings. The lowest BCUT2D eigenvalue weighted by atomic mass is 10.1. The quantitative estimate of drug-likeness (QED) is 0.711. The van der Waals surface area contributed by atoms with Crippen LogP contribution in [0.1, 0.15) is 5.56 Å². The first-order valence-corrected chi connectivity index (χ1v) is 5.70. The molecule has 4 N–H and O–H groups in total. The van der Waals surface area contributed by atoms with Crippen LogP contribution in [0.5, 0.6) is 0 Å². The monoisotopic (exact) mass is 260 g/mol. The van der Waals surface area contributed by atoms with Gasteiger partial charge in [-0.1, -0.05) is 12.1 Å². The second-order valence-corrected chi connectivity index (χ2v) is 4.27. The number of aromatic amines is 1. The molecule has 0 aliphatic carbocycles. The van der Waals surface area contributed by atoms with Crippen molar-refractivity contribution in [3.63, 3.8) is 0 Å². The van der Waals surface area contributed by atoms with Gasteiger partial charge in [0.2, 0.25) is 0 Å². The van der Waals surface area contributed by atoms with Gasteiger partial charge in [-0.15, -0.1) is 0 Å². The Bertz CT molecular complexity index is 630. The summed E-state index contributed by atoms with van der Waals surface area (Å²) in [6.45, 7) is 1.95. The number of anilines is 1. The van der Waals surface area contributed by atoms with E-state index in [4.69, 9.17) is 18.0 Å². The first-order valence-electron chi connectivity index (χ1n) is 5.29. The van der Waals surface area contributed by atoms with Crippen molar-refractivity contribution >= 4 is 23.0 Å². The maximum absolute atomic E-state index is 11.0. The summed E-state index contributed by atoms with van der Waals surface area (Å²) in [6.07, 6.45) is 0. The molecule has 1 aromatic heterocycles. The predicted octanol–water partition coefficient (Wildman–Crippen LogP) is 1.40. The first-order chi connectivity index (χ1) is 8.56. The molecular formula is C12H12N4OS. The van der Waals surface area contributed by atoms with Gasteiger partial charge in [-0.2, -0.15) is 5.10 Å². The summed E-state index contributed by atoms with van der Waals surface area (Å²) in [6, 6.07) is 8.83. The number of aromatic nitrogens is 2. The number of H-pyrrole nitrogens is 1. The van der Waals surface area contributed by atoms with E-state index in [2.05, 4.69) is 15.5 Å². The van der Waals surface area contributed by atoms with Crippen LogP contribution in [0.3, 0.4) is 0 Å². The molecule has 1 aromatic carbocycles. The number of aryl methyl sites for hydroxylation is 1. The highest BCUT2D eigenvalue weighted by molar-refractivity contribution is 7.80. The van der Waals surface area contributed by atoms with Crippen LogP contribution in [0.4, 0.5) is 5.69 Å². The van der Waals surface area contributed by atoms with Gasteiger partial charge >= 0.3 is 0 Å². The van der Waals surface area contributed by atoms with Crippen LogP contribution in [-0.4, -0.2) is 15.3 Å². The Balaban J connectivity index is 2.43. The topological polar surface area (TPSA) is 83.8 Å². The molecule has 0 aliphatic heterocycles. The maximum atomic E-state index is 11.0. The van der Waals surface area contributed by atoms with Crippen LogP contribution in [0.2, 0.25) is 0 Å². The largest absolute Gasteiger partial charge is 0.376 e. The fourth-order valence-corrected chi connectivity index (χ4v) is 1.66. The van der Waals surface area contributed by atoms with Gasteiger partial charge in [-0.25, -0.2) is 5.10 Å². The van der Waals surface area contributed by atoms with E-state index in [1.165, 1.54) is 6.07 Å². The van der Waals surface area contributed by atoms with Crippen molar-refractivity contribution in [3.8, 4) is 11.3 Å². The molecule has 1 heterocycles. The standard InChI is InChI=1S/C12H12N4OS/c1-7-2-3-8(6-10(7)14-12(13)18)9-4-5-11(17)16-15-9/h2-6H,1H3,(H,16,17)(H3,13,14,18). The molecule has 18 heavy (non-hydrogen) atoms. The summed E-state index contributed by atoms with van der Waals surface area (Å²) in [5, 5.41) is 9.48. The zero-order valence-electron chi connectivity index (χ0n) is 9.73. The van der Waals surface area contributed by atoms with Gasteiger partial charge < -0.3 is 11.1 Å². The highest BCUT2D eigenvalue weighted by atomic mass is 32.1. The van der Waals surface area contributed by atoms with Crippen molar-refractivity contribution in [2.45, 2.75) is 6.92 Å². The Hall–Kier alpha value is -2.21. The summed E-state index contributed by atoms with van der Waals surface area (Å²) < 4.78 is 0.